The van der Waals surface area contributed by atoms with E-state index in [2.05, 4.69) is 4.98 Å². The predicted molar refractivity (Wildman–Crippen MR) is 59.0 cm³/mol. The lowest BCUT2D eigenvalue weighted by molar-refractivity contribution is 0.509. The average molecular weight is 241 g/mol. The van der Waals surface area contributed by atoms with Crippen LogP contribution in [0.3, 0.4) is 0 Å². The van der Waals surface area contributed by atoms with Gasteiger partial charge in [0.25, 0.3) is 0 Å². The van der Waals surface area contributed by atoms with Crippen LogP contribution in [-0.2, 0) is 0 Å². The Hall–Kier alpha value is -1.68. The molecule has 2 N–H and O–H groups in total. The first kappa shape index (κ1) is 10.8. The number of nitrogens with two attached hydrogens (primary N) is 1. The maximum Gasteiger partial charge on any atom is 0.160 e. The first-order chi connectivity index (χ1) is 7.58. The van der Waals surface area contributed by atoms with Gasteiger partial charge in [0.15, 0.2) is 11.6 Å². The normalized spacial score (nSPS) is 10.4. The minimum atomic E-state index is -0.982. The van der Waals surface area contributed by atoms with E-state index in [-0.39, 0.29) is 5.02 Å². The van der Waals surface area contributed by atoms with Crippen molar-refractivity contribution in [1.82, 2.24) is 4.98 Å². The van der Waals surface area contributed by atoms with Gasteiger partial charge in [-0.25, -0.2) is 8.78 Å². The highest BCUT2D eigenvalue weighted by molar-refractivity contribution is 6.33. The van der Waals surface area contributed by atoms with E-state index < -0.39 is 11.6 Å². The molecule has 0 spiro atoms. The van der Waals surface area contributed by atoms with Gasteiger partial charge in [-0.3, -0.25) is 4.98 Å². The highest BCUT2D eigenvalue weighted by Gasteiger charge is 2.10. The van der Waals surface area contributed by atoms with Crippen molar-refractivity contribution in [3.8, 4) is 11.3 Å². The van der Waals surface area contributed by atoms with Crippen molar-refractivity contribution in [2.45, 2.75) is 0 Å². The Kier molecular flexibility index (Phi) is 2.75. The number of anilines is 1. The maximum absolute atomic E-state index is 13.0. The Bertz CT molecular complexity index is 526. The summed E-state index contributed by atoms with van der Waals surface area (Å²) in [7, 11) is 0. The van der Waals surface area contributed by atoms with E-state index in [0.29, 0.717) is 16.9 Å². The van der Waals surface area contributed by atoms with E-state index in [0.717, 1.165) is 12.1 Å². The van der Waals surface area contributed by atoms with Crippen LogP contribution in [0, 0.1) is 11.6 Å². The van der Waals surface area contributed by atoms with E-state index in [9.17, 15) is 8.78 Å². The molecule has 0 aliphatic carbocycles. The van der Waals surface area contributed by atoms with Crippen LogP contribution < -0.4 is 5.73 Å². The van der Waals surface area contributed by atoms with Crippen molar-refractivity contribution in [1.29, 1.82) is 0 Å². The first-order valence-corrected chi connectivity index (χ1v) is 4.82. The molecular weight excluding hydrogens is 234 g/mol. The van der Waals surface area contributed by atoms with E-state index in [1.165, 1.54) is 6.20 Å². The summed E-state index contributed by atoms with van der Waals surface area (Å²) in [5, 5.41) is 0.108. The number of aromatic nitrogens is 1. The summed E-state index contributed by atoms with van der Waals surface area (Å²) < 4.78 is 25.9. The zero-order chi connectivity index (χ0) is 11.7. The molecule has 1 aromatic heterocycles. The summed E-state index contributed by atoms with van der Waals surface area (Å²) >= 11 is 5.80. The number of rotatable bonds is 1. The van der Waals surface area contributed by atoms with E-state index in [1.54, 1.807) is 12.1 Å². The molecular formula is C11H7ClF2N2. The van der Waals surface area contributed by atoms with Crippen molar-refractivity contribution in [2.24, 2.45) is 0 Å². The monoisotopic (exact) mass is 240 g/mol. The molecule has 0 aliphatic rings. The molecule has 0 bridgehead atoms. The number of hydrogen-bond donors (Lipinski definition) is 1. The highest BCUT2D eigenvalue weighted by atomic mass is 35.5. The van der Waals surface area contributed by atoms with Crippen LogP contribution in [0.1, 0.15) is 0 Å². The molecule has 1 heterocycles. The Labute approximate surface area is 95.7 Å². The van der Waals surface area contributed by atoms with Crippen molar-refractivity contribution in [2.75, 3.05) is 5.73 Å². The minimum absolute atomic E-state index is 0.108. The molecule has 0 saturated carbocycles. The standard InChI is InChI=1S/C11H7ClF2N2/c12-8-4-10(14)9(13)3-7(8)11-2-1-6(15)5-16-11/h1-5H,15H2. The number of nitrogen functional groups attached to an aromatic ring is 1. The van der Waals surface area contributed by atoms with Crippen LogP contribution in [-0.4, -0.2) is 4.98 Å². The van der Waals surface area contributed by atoms with Gasteiger partial charge < -0.3 is 5.73 Å². The second kappa shape index (κ2) is 4.06. The first-order valence-electron chi connectivity index (χ1n) is 4.44. The Balaban J connectivity index is 2.56. The fourth-order valence-electron chi connectivity index (χ4n) is 1.28. The van der Waals surface area contributed by atoms with E-state index in [1.807, 2.05) is 0 Å². The lowest BCUT2D eigenvalue weighted by atomic mass is 10.1. The van der Waals surface area contributed by atoms with E-state index >= 15 is 0 Å². The highest BCUT2D eigenvalue weighted by Crippen LogP contribution is 2.28. The molecule has 0 saturated heterocycles. The van der Waals surface area contributed by atoms with E-state index in [4.69, 9.17) is 17.3 Å². The van der Waals surface area contributed by atoms with Gasteiger partial charge in [-0.2, -0.15) is 0 Å². The summed E-state index contributed by atoms with van der Waals surface area (Å²) in [6.07, 6.45) is 1.42. The quantitative estimate of drug-likeness (QED) is 0.777. The molecule has 5 heteroatoms. The molecule has 82 valence electrons. The largest absolute Gasteiger partial charge is 0.397 e. The topological polar surface area (TPSA) is 38.9 Å². The van der Waals surface area contributed by atoms with Crippen LogP contribution >= 0.6 is 11.6 Å². The van der Waals surface area contributed by atoms with Crippen molar-refractivity contribution in [3.05, 3.63) is 47.1 Å². The molecule has 16 heavy (non-hydrogen) atoms. The second-order valence-electron chi connectivity index (χ2n) is 3.22. The third kappa shape index (κ3) is 1.97. The molecule has 2 aromatic rings. The van der Waals surface area contributed by atoms with Crippen molar-refractivity contribution >= 4 is 17.3 Å². The molecule has 0 amide bonds. The number of nitrogens with zero attached hydrogens (tertiary/aromatic N) is 1. The van der Waals surface area contributed by atoms with Gasteiger partial charge in [0, 0.05) is 5.56 Å². The number of pyridine rings is 1. The third-order valence-electron chi connectivity index (χ3n) is 2.07. The minimum Gasteiger partial charge on any atom is -0.397 e. The Morgan fingerprint density at radius 3 is 2.44 bits per heavy atom. The van der Waals surface area contributed by atoms with Gasteiger partial charge >= 0.3 is 0 Å². The van der Waals surface area contributed by atoms with Crippen LogP contribution in [0.4, 0.5) is 14.5 Å². The molecule has 0 radical (unpaired) electrons. The van der Waals surface area contributed by atoms with Gasteiger partial charge in [0.05, 0.1) is 22.6 Å². The molecule has 0 unspecified atom stereocenters. The van der Waals surface area contributed by atoms with Crippen molar-refractivity contribution < 1.29 is 8.78 Å². The average Bonchev–Trinajstić information content (AvgIpc) is 2.25. The van der Waals surface area contributed by atoms with Gasteiger partial charge in [-0.05, 0) is 24.3 Å². The molecule has 0 atom stereocenters. The van der Waals surface area contributed by atoms with Crippen LogP contribution in [0.25, 0.3) is 11.3 Å². The fourth-order valence-corrected chi connectivity index (χ4v) is 1.53. The Morgan fingerprint density at radius 2 is 1.81 bits per heavy atom. The van der Waals surface area contributed by atoms with Gasteiger partial charge in [-0.1, -0.05) is 11.6 Å². The zero-order valence-corrected chi connectivity index (χ0v) is 8.80. The van der Waals surface area contributed by atoms with Crippen LogP contribution in [0.15, 0.2) is 30.5 Å². The second-order valence-corrected chi connectivity index (χ2v) is 3.63. The molecule has 0 fully saturated rings. The summed E-state index contributed by atoms with van der Waals surface area (Å²) in [6, 6.07) is 5.13. The van der Waals surface area contributed by atoms with Crippen LogP contribution in [0.5, 0.6) is 0 Å². The van der Waals surface area contributed by atoms with Gasteiger partial charge in [-0.15, -0.1) is 0 Å². The SMILES string of the molecule is Nc1ccc(-c2cc(F)c(F)cc2Cl)nc1. The summed E-state index contributed by atoms with van der Waals surface area (Å²) in [5.74, 6) is -1.94. The third-order valence-corrected chi connectivity index (χ3v) is 2.38. The lowest BCUT2D eigenvalue weighted by Crippen LogP contribution is -1.91. The summed E-state index contributed by atoms with van der Waals surface area (Å²) in [5.41, 5.74) is 6.73. The molecule has 1 aromatic carbocycles. The van der Waals surface area contributed by atoms with Crippen LogP contribution in [0.2, 0.25) is 5.02 Å². The number of hydrogen-bond acceptors (Lipinski definition) is 2. The summed E-state index contributed by atoms with van der Waals surface area (Å²) in [6.45, 7) is 0. The van der Waals surface area contributed by atoms with Gasteiger partial charge in [0.2, 0.25) is 0 Å². The molecule has 0 aliphatic heterocycles. The Morgan fingerprint density at radius 1 is 1.12 bits per heavy atom. The number of halogens is 3. The summed E-state index contributed by atoms with van der Waals surface area (Å²) in [4.78, 5) is 3.98. The lowest BCUT2D eigenvalue weighted by Gasteiger charge is -2.04. The number of benzene rings is 1. The van der Waals surface area contributed by atoms with Crippen molar-refractivity contribution in [3.63, 3.8) is 0 Å². The van der Waals surface area contributed by atoms with Gasteiger partial charge in [0.1, 0.15) is 0 Å². The fraction of sp³-hybridized carbons (Fsp3) is 0. The molecule has 2 nitrogen and oxygen atoms in total. The maximum atomic E-state index is 13.0. The molecule has 2 rings (SSSR count). The smallest absolute Gasteiger partial charge is 0.160 e. The predicted octanol–water partition coefficient (Wildman–Crippen LogP) is 3.26. The zero-order valence-electron chi connectivity index (χ0n) is 8.05.